The molecule has 2 aliphatic heterocycles. The van der Waals surface area contributed by atoms with E-state index < -0.39 is 0 Å². The molecule has 2 aliphatic rings. The zero-order valence-electron chi connectivity index (χ0n) is 10.8. The van der Waals surface area contributed by atoms with E-state index in [9.17, 15) is 0 Å². The van der Waals surface area contributed by atoms with Gasteiger partial charge in [-0.25, -0.2) is 0 Å². The Hall–Kier alpha value is -0.120. The fraction of sp³-hybridized carbons (Fsp3) is 1.00. The summed E-state index contributed by atoms with van der Waals surface area (Å²) in [6, 6.07) is 0. The van der Waals surface area contributed by atoms with Crippen molar-refractivity contribution in [1.82, 2.24) is 9.80 Å². The van der Waals surface area contributed by atoms with Crippen LogP contribution in [0.15, 0.2) is 0 Å². The maximum absolute atomic E-state index is 5.56. The van der Waals surface area contributed by atoms with Gasteiger partial charge < -0.3 is 9.64 Å². The lowest BCUT2D eigenvalue weighted by Gasteiger charge is -2.35. The van der Waals surface area contributed by atoms with Gasteiger partial charge in [0.15, 0.2) is 0 Å². The average Bonchev–Trinajstić information content (AvgIpc) is 2.27. The summed E-state index contributed by atoms with van der Waals surface area (Å²) in [7, 11) is 0. The van der Waals surface area contributed by atoms with Crippen molar-refractivity contribution in [3.63, 3.8) is 0 Å². The molecular weight excluding hydrogens is 200 g/mol. The lowest BCUT2D eigenvalue weighted by molar-refractivity contribution is -0.0215. The van der Waals surface area contributed by atoms with E-state index in [0.29, 0.717) is 6.10 Å². The second-order valence-electron chi connectivity index (χ2n) is 5.53. The molecule has 0 radical (unpaired) electrons. The second kappa shape index (κ2) is 5.99. The predicted molar refractivity (Wildman–Crippen MR) is 66.7 cm³/mol. The minimum absolute atomic E-state index is 0.425. The van der Waals surface area contributed by atoms with Gasteiger partial charge in [-0.3, -0.25) is 4.90 Å². The van der Waals surface area contributed by atoms with Crippen molar-refractivity contribution in [2.24, 2.45) is 5.92 Å². The van der Waals surface area contributed by atoms with E-state index >= 15 is 0 Å². The molecule has 0 aromatic carbocycles. The summed E-state index contributed by atoms with van der Waals surface area (Å²) < 4.78 is 5.56. The zero-order valence-corrected chi connectivity index (χ0v) is 10.8. The van der Waals surface area contributed by atoms with Gasteiger partial charge in [-0.05, 0) is 32.2 Å². The molecule has 1 unspecified atom stereocenters. The first-order valence-corrected chi connectivity index (χ1v) is 6.80. The van der Waals surface area contributed by atoms with Crippen LogP contribution in [-0.4, -0.2) is 61.8 Å². The molecular formula is C13H26N2O. The van der Waals surface area contributed by atoms with Crippen molar-refractivity contribution in [3.8, 4) is 0 Å². The molecule has 3 heteroatoms. The number of ether oxygens (including phenoxy) is 1. The zero-order chi connectivity index (χ0) is 11.4. The number of likely N-dealkylation sites (tertiary alicyclic amines) is 1. The van der Waals surface area contributed by atoms with Crippen LogP contribution in [0, 0.1) is 5.92 Å². The Morgan fingerprint density at radius 2 is 1.81 bits per heavy atom. The standard InChI is InChI=1S/C13H26N2O/c1-12-4-3-5-14(10-12)6-7-15-8-9-16-13(2)11-15/h12-13H,3-11H2,1-2H3/t12-,13?/m0/s1. The van der Waals surface area contributed by atoms with E-state index in [1.807, 2.05) is 0 Å². The highest BCUT2D eigenvalue weighted by Gasteiger charge is 2.19. The first-order chi connectivity index (χ1) is 7.74. The highest BCUT2D eigenvalue weighted by atomic mass is 16.5. The molecule has 0 amide bonds. The summed E-state index contributed by atoms with van der Waals surface area (Å²) in [4.78, 5) is 5.18. The van der Waals surface area contributed by atoms with Crippen LogP contribution in [0.25, 0.3) is 0 Å². The number of rotatable bonds is 3. The van der Waals surface area contributed by atoms with Gasteiger partial charge in [-0.1, -0.05) is 6.92 Å². The fourth-order valence-electron chi connectivity index (χ4n) is 2.87. The van der Waals surface area contributed by atoms with E-state index in [4.69, 9.17) is 4.74 Å². The van der Waals surface area contributed by atoms with Gasteiger partial charge in [-0.15, -0.1) is 0 Å². The van der Waals surface area contributed by atoms with E-state index in [-0.39, 0.29) is 0 Å². The highest BCUT2D eigenvalue weighted by molar-refractivity contribution is 4.73. The second-order valence-corrected chi connectivity index (χ2v) is 5.53. The van der Waals surface area contributed by atoms with Gasteiger partial charge in [0.05, 0.1) is 12.7 Å². The van der Waals surface area contributed by atoms with Gasteiger partial charge >= 0.3 is 0 Å². The van der Waals surface area contributed by atoms with Gasteiger partial charge in [-0.2, -0.15) is 0 Å². The molecule has 94 valence electrons. The number of piperidine rings is 1. The molecule has 0 spiro atoms. The molecule has 0 N–H and O–H groups in total. The Bertz CT molecular complexity index is 188. The lowest BCUT2D eigenvalue weighted by Crippen LogP contribution is -2.46. The van der Waals surface area contributed by atoms with Crippen molar-refractivity contribution < 1.29 is 4.74 Å². The third-order valence-electron chi connectivity index (χ3n) is 3.80. The Morgan fingerprint density at radius 1 is 1.06 bits per heavy atom. The molecule has 0 saturated carbocycles. The van der Waals surface area contributed by atoms with E-state index in [1.54, 1.807) is 0 Å². The SMILES string of the molecule is CC1CN(CCN2CCC[C@H](C)C2)CCO1. The van der Waals surface area contributed by atoms with Crippen LogP contribution in [0.3, 0.4) is 0 Å². The summed E-state index contributed by atoms with van der Waals surface area (Å²) in [5, 5.41) is 0. The molecule has 2 rings (SSSR count). The maximum atomic E-state index is 5.56. The van der Waals surface area contributed by atoms with Crippen LogP contribution in [0.5, 0.6) is 0 Å². The number of hydrogen-bond acceptors (Lipinski definition) is 3. The van der Waals surface area contributed by atoms with Gasteiger partial charge in [0.25, 0.3) is 0 Å². The third-order valence-corrected chi connectivity index (χ3v) is 3.80. The summed E-state index contributed by atoms with van der Waals surface area (Å²) in [6.07, 6.45) is 3.24. The van der Waals surface area contributed by atoms with Crippen LogP contribution in [0.4, 0.5) is 0 Å². The molecule has 0 aromatic heterocycles. The third kappa shape index (κ3) is 3.72. The quantitative estimate of drug-likeness (QED) is 0.724. The van der Waals surface area contributed by atoms with Gasteiger partial charge in [0, 0.05) is 32.7 Å². The molecule has 2 saturated heterocycles. The van der Waals surface area contributed by atoms with Crippen LogP contribution >= 0.6 is 0 Å². The Labute approximate surface area is 99.7 Å². The van der Waals surface area contributed by atoms with Crippen molar-refractivity contribution in [2.45, 2.75) is 32.8 Å². The molecule has 0 aromatic rings. The largest absolute Gasteiger partial charge is 0.376 e. The topological polar surface area (TPSA) is 15.7 Å². The maximum Gasteiger partial charge on any atom is 0.0674 e. The molecule has 3 nitrogen and oxygen atoms in total. The van der Waals surface area contributed by atoms with Crippen molar-refractivity contribution in [3.05, 3.63) is 0 Å². The molecule has 2 heterocycles. The Morgan fingerprint density at radius 3 is 2.50 bits per heavy atom. The first kappa shape index (κ1) is 12.3. The molecule has 16 heavy (non-hydrogen) atoms. The molecule has 0 bridgehead atoms. The summed E-state index contributed by atoms with van der Waals surface area (Å²) >= 11 is 0. The lowest BCUT2D eigenvalue weighted by atomic mass is 10.0. The monoisotopic (exact) mass is 226 g/mol. The summed E-state index contributed by atoms with van der Waals surface area (Å²) in [5.74, 6) is 0.900. The molecule has 2 fully saturated rings. The minimum atomic E-state index is 0.425. The van der Waals surface area contributed by atoms with Crippen LogP contribution < -0.4 is 0 Å². The smallest absolute Gasteiger partial charge is 0.0674 e. The molecule has 2 atom stereocenters. The van der Waals surface area contributed by atoms with E-state index in [2.05, 4.69) is 23.6 Å². The number of nitrogens with zero attached hydrogens (tertiary/aromatic N) is 2. The predicted octanol–water partition coefficient (Wildman–Crippen LogP) is 1.44. The van der Waals surface area contributed by atoms with Crippen molar-refractivity contribution in [1.29, 1.82) is 0 Å². The highest BCUT2D eigenvalue weighted by Crippen LogP contribution is 2.15. The van der Waals surface area contributed by atoms with Crippen LogP contribution in [0.2, 0.25) is 0 Å². The van der Waals surface area contributed by atoms with Crippen LogP contribution in [0.1, 0.15) is 26.7 Å². The molecule has 0 aliphatic carbocycles. The van der Waals surface area contributed by atoms with Gasteiger partial charge in [0.2, 0.25) is 0 Å². The Kier molecular flexibility index (Phi) is 4.62. The van der Waals surface area contributed by atoms with Crippen molar-refractivity contribution in [2.75, 3.05) is 45.9 Å². The summed E-state index contributed by atoms with van der Waals surface area (Å²) in [5.41, 5.74) is 0. The Balaban J connectivity index is 1.66. The average molecular weight is 226 g/mol. The summed E-state index contributed by atoms with van der Waals surface area (Å²) in [6.45, 7) is 12.8. The van der Waals surface area contributed by atoms with Crippen LogP contribution in [-0.2, 0) is 4.74 Å². The minimum Gasteiger partial charge on any atom is -0.376 e. The fourth-order valence-corrected chi connectivity index (χ4v) is 2.87. The normalized spacial score (nSPS) is 34.1. The number of hydrogen-bond donors (Lipinski definition) is 0. The van der Waals surface area contributed by atoms with Crippen molar-refractivity contribution >= 4 is 0 Å². The first-order valence-electron chi connectivity index (χ1n) is 6.80. The van der Waals surface area contributed by atoms with E-state index in [0.717, 1.165) is 25.6 Å². The van der Waals surface area contributed by atoms with Gasteiger partial charge in [0.1, 0.15) is 0 Å². The van der Waals surface area contributed by atoms with E-state index in [1.165, 1.54) is 39.0 Å². The number of morpholine rings is 1.